The number of fused-ring (bicyclic) bond motifs is 1. The van der Waals surface area contributed by atoms with Gasteiger partial charge in [-0.15, -0.1) is 0 Å². The molecule has 1 saturated heterocycles. The van der Waals surface area contributed by atoms with Gasteiger partial charge in [-0.3, -0.25) is 4.90 Å². The molecule has 1 atom stereocenters. The molecule has 2 heterocycles. The molecule has 0 amide bonds. The van der Waals surface area contributed by atoms with Gasteiger partial charge in [0.25, 0.3) is 0 Å². The summed E-state index contributed by atoms with van der Waals surface area (Å²) < 4.78 is 0. The minimum atomic E-state index is 0.577. The second-order valence-electron chi connectivity index (χ2n) is 4.79. The van der Waals surface area contributed by atoms with Gasteiger partial charge >= 0.3 is 0 Å². The van der Waals surface area contributed by atoms with E-state index in [1.54, 1.807) is 0 Å². The van der Waals surface area contributed by atoms with Crippen molar-refractivity contribution in [3.63, 3.8) is 0 Å². The highest BCUT2D eigenvalue weighted by atomic mass is 15.2. The summed E-state index contributed by atoms with van der Waals surface area (Å²) in [7, 11) is 0. The van der Waals surface area contributed by atoms with Crippen molar-refractivity contribution >= 4 is 11.0 Å². The highest BCUT2D eigenvalue weighted by molar-refractivity contribution is 5.74. The van der Waals surface area contributed by atoms with Crippen molar-refractivity contribution in [2.24, 2.45) is 0 Å². The van der Waals surface area contributed by atoms with Crippen LogP contribution in [0.5, 0.6) is 0 Å². The molecular formula is C13H18N4. The highest BCUT2D eigenvalue weighted by Crippen LogP contribution is 2.12. The normalized spacial score (nSPS) is 22.1. The zero-order valence-corrected chi connectivity index (χ0v) is 10.1. The fourth-order valence-corrected chi connectivity index (χ4v) is 2.45. The van der Waals surface area contributed by atoms with Gasteiger partial charge in [0.2, 0.25) is 0 Å². The molecular weight excluding hydrogens is 212 g/mol. The first-order chi connectivity index (χ1) is 8.31. The molecule has 4 nitrogen and oxygen atoms in total. The summed E-state index contributed by atoms with van der Waals surface area (Å²) >= 11 is 0. The quantitative estimate of drug-likeness (QED) is 0.818. The van der Waals surface area contributed by atoms with Gasteiger partial charge < -0.3 is 10.3 Å². The molecule has 2 N–H and O–H groups in total. The van der Waals surface area contributed by atoms with Gasteiger partial charge in [-0.1, -0.05) is 12.1 Å². The Morgan fingerprint density at radius 2 is 2.29 bits per heavy atom. The van der Waals surface area contributed by atoms with Crippen LogP contribution in [0, 0.1) is 0 Å². The molecule has 0 spiro atoms. The van der Waals surface area contributed by atoms with Crippen LogP contribution in [0.25, 0.3) is 11.0 Å². The lowest BCUT2D eigenvalue weighted by Crippen LogP contribution is -2.48. The molecule has 1 aliphatic rings. The summed E-state index contributed by atoms with van der Waals surface area (Å²) in [5.74, 6) is 1.07. The number of aromatic nitrogens is 2. The van der Waals surface area contributed by atoms with E-state index >= 15 is 0 Å². The molecule has 2 aromatic rings. The summed E-state index contributed by atoms with van der Waals surface area (Å²) in [5, 5.41) is 3.45. The second-order valence-corrected chi connectivity index (χ2v) is 4.79. The van der Waals surface area contributed by atoms with E-state index in [-0.39, 0.29) is 0 Å². The molecule has 1 aromatic carbocycles. The van der Waals surface area contributed by atoms with Crippen LogP contribution in [0.4, 0.5) is 0 Å². The lowest BCUT2D eigenvalue weighted by atomic mass is 10.2. The molecule has 4 heteroatoms. The molecule has 0 radical (unpaired) electrons. The Kier molecular flexibility index (Phi) is 2.82. The molecule has 1 aromatic heterocycles. The van der Waals surface area contributed by atoms with Crippen LogP contribution < -0.4 is 5.32 Å². The number of hydrogen-bond acceptors (Lipinski definition) is 3. The predicted molar refractivity (Wildman–Crippen MR) is 68.8 cm³/mol. The average Bonchev–Trinajstić information content (AvgIpc) is 2.71. The number of para-hydroxylation sites is 2. The third-order valence-corrected chi connectivity index (χ3v) is 3.26. The number of aromatic amines is 1. The Bertz CT molecular complexity index is 472. The monoisotopic (exact) mass is 230 g/mol. The van der Waals surface area contributed by atoms with Crippen molar-refractivity contribution in [3.05, 3.63) is 30.1 Å². The van der Waals surface area contributed by atoms with Crippen LogP contribution in [0.1, 0.15) is 12.7 Å². The van der Waals surface area contributed by atoms with Gasteiger partial charge in [-0.25, -0.2) is 4.98 Å². The van der Waals surface area contributed by atoms with Crippen LogP contribution in [-0.2, 0) is 6.54 Å². The Labute approximate surface area is 101 Å². The number of nitrogens with zero attached hydrogens (tertiary/aromatic N) is 2. The summed E-state index contributed by atoms with van der Waals surface area (Å²) in [6, 6.07) is 8.77. The van der Waals surface area contributed by atoms with Gasteiger partial charge in [0.1, 0.15) is 5.82 Å². The largest absolute Gasteiger partial charge is 0.341 e. The molecule has 0 aliphatic carbocycles. The van der Waals surface area contributed by atoms with Gasteiger partial charge in [0, 0.05) is 25.7 Å². The van der Waals surface area contributed by atoms with Crippen molar-refractivity contribution in [2.45, 2.75) is 19.5 Å². The van der Waals surface area contributed by atoms with E-state index in [1.165, 1.54) is 0 Å². The van der Waals surface area contributed by atoms with Gasteiger partial charge in [-0.2, -0.15) is 0 Å². The number of piperazine rings is 1. The minimum absolute atomic E-state index is 0.577. The number of H-pyrrole nitrogens is 1. The van der Waals surface area contributed by atoms with Gasteiger partial charge in [-0.05, 0) is 19.1 Å². The first-order valence-corrected chi connectivity index (χ1v) is 6.20. The van der Waals surface area contributed by atoms with Gasteiger partial charge in [0.05, 0.1) is 17.6 Å². The number of hydrogen-bond donors (Lipinski definition) is 2. The Morgan fingerprint density at radius 1 is 1.41 bits per heavy atom. The van der Waals surface area contributed by atoms with E-state index in [0.717, 1.165) is 43.0 Å². The van der Waals surface area contributed by atoms with Crippen LogP contribution in [0.3, 0.4) is 0 Å². The highest BCUT2D eigenvalue weighted by Gasteiger charge is 2.16. The van der Waals surface area contributed by atoms with Crippen LogP contribution in [0.15, 0.2) is 24.3 Å². The van der Waals surface area contributed by atoms with E-state index < -0.39 is 0 Å². The van der Waals surface area contributed by atoms with E-state index in [0.29, 0.717) is 6.04 Å². The fourth-order valence-electron chi connectivity index (χ4n) is 2.45. The molecule has 3 rings (SSSR count). The molecule has 0 saturated carbocycles. The lowest BCUT2D eigenvalue weighted by molar-refractivity contribution is 0.196. The molecule has 0 unspecified atom stereocenters. The predicted octanol–water partition coefficient (Wildman–Crippen LogP) is 1.36. The summed E-state index contributed by atoms with van der Waals surface area (Å²) in [6.07, 6.45) is 0. The number of nitrogens with one attached hydrogen (secondary N) is 2. The summed E-state index contributed by atoms with van der Waals surface area (Å²) in [6.45, 7) is 6.41. The summed E-state index contributed by atoms with van der Waals surface area (Å²) in [4.78, 5) is 10.4. The molecule has 0 bridgehead atoms. The first-order valence-electron chi connectivity index (χ1n) is 6.20. The van der Waals surface area contributed by atoms with Crippen LogP contribution in [0.2, 0.25) is 0 Å². The van der Waals surface area contributed by atoms with E-state index in [2.05, 4.69) is 39.2 Å². The Balaban J connectivity index is 1.75. The summed E-state index contributed by atoms with van der Waals surface area (Å²) in [5.41, 5.74) is 2.19. The average molecular weight is 230 g/mol. The molecule has 1 aliphatic heterocycles. The molecule has 1 fully saturated rings. The first kappa shape index (κ1) is 10.7. The number of benzene rings is 1. The van der Waals surface area contributed by atoms with E-state index in [4.69, 9.17) is 0 Å². The fraction of sp³-hybridized carbons (Fsp3) is 0.462. The Hall–Kier alpha value is -1.39. The maximum absolute atomic E-state index is 4.61. The van der Waals surface area contributed by atoms with Crippen molar-refractivity contribution in [1.29, 1.82) is 0 Å². The molecule has 90 valence electrons. The van der Waals surface area contributed by atoms with E-state index in [1.807, 2.05) is 12.1 Å². The SMILES string of the molecule is C[C@@H]1CN(Cc2nc3ccccc3[nH]2)CCN1. The Morgan fingerprint density at radius 3 is 3.12 bits per heavy atom. The topological polar surface area (TPSA) is 44.0 Å². The zero-order valence-electron chi connectivity index (χ0n) is 10.1. The van der Waals surface area contributed by atoms with Crippen molar-refractivity contribution in [3.8, 4) is 0 Å². The maximum Gasteiger partial charge on any atom is 0.121 e. The van der Waals surface area contributed by atoms with Crippen LogP contribution >= 0.6 is 0 Å². The standard InChI is InChI=1S/C13H18N4/c1-10-8-17(7-6-14-10)9-13-15-11-4-2-3-5-12(11)16-13/h2-5,10,14H,6-9H2,1H3,(H,15,16)/t10-/m1/s1. The number of rotatable bonds is 2. The second kappa shape index (κ2) is 4.47. The zero-order chi connectivity index (χ0) is 11.7. The lowest BCUT2D eigenvalue weighted by Gasteiger charge is -2.31. The smallest absolute Gasteiger partial charge is 0.121 e. The third kappa shape index (κ3) is 2.33. The van der Waals surface area contributed by atoms with Crippen LogP contribution in [-0.4, -0.2) is 40.5 Å². The van der Waals surface area contributed by atoms with Crippen molar-refractivity contribution < 1.29 is 0 Å². The number of imidazole rings is 1. The van der Waals surface area contributed by atoms with Crippen molar-refractivity contribution in [1.82, 2.24) is 20.2 Å². The maximum atomic E-state index is 4.61. The van der Waals surface area contributed by atoms with E-state index in [9.17, 15) is 0 Å². The minimum Gasteiger partial charge on any atom is -0.341 e. The van der Waals surface area contributed by atoms with Gasteiger partial charge in [0.15, 0.2) is 0 Å². The molecule has 17 heavy (non-hydrogen) atoms. The third-order valence-electron chi connectivity index (χ3n) is 3.26. The van der Waals surface area contributed by atoms with Crippen molar-refractivity contribution in [2.75, 3.05) is 19.6 Å².